The topological polar surface area (TPSA) is 103 Å². The third-order valence-corrected chi connectivity index (χ3v) is 7.20. The first kappa shape index (κ1) is 24.9. The lowest BCUT2D eigenvalue weighted by Gasteiger charge is -2.33. The van der Waals surface area contributed by atoms with Gasteiger partial charge >= 0.3 is 0 Å². The van der Waals surface area contributed by atoms with Gasteiger partial charge in [-0.05, 0) is 69.1 Å². The Labute approximate surface area is 219 Å². The van der Waals surface area contributed by atoms with Crippen molar-refractivity contribution >= 4 is 45.6 Å². The molecule has 2 aliphatic rings. The third kappa shape index (κ3) is 5.22. The van der Waals surface area contributed by atoms with Crippen LogP contribution in [-0.4, -0.2) is 46.5 Å². The zero-order chi connectivity index (χ0) is 26.0. The summed E-state index contributed by atoms with van der Waals surface area (Å²) in [4.78, 5) is 24.2. The summed E-state index contributed by atoms with van der Waals surface area (Å²) < 4.78 is 19.1. The number of amides is 1. The van der Waals surface area contributed by atoms with Crippen LogP contribution in [0.3, 0.4) is 0 Å². The second-order valence-electron chi connectivity index (χ2n) is 9.32. The number of hydrogen-bond donors (Lipinski definition) is 2. The van der Waals surface area contributed by atoms with Gasteiger partial charge in [0.15, 0.2) is 0 Å². The zero-order valence-corrected chi connectivity index (χ0v) is 21.1. The highest BCUT2D eigenvalue weighted by atomic mass is 35.5. The molecule has 1 saturated carbocycles. The monoisotopic (exact) mass is 520 g/mol. The van der Waals surface area contributed by atoms with Crippen LogP contribution in [0.5, 0.6) is 5.75 Å². The lowest BCUT2D eigenvalue weighted by atomic mass is 10.0. The predicted molar refractivity (Wildman–Crippen MR) is 140 cm³/mol. The summed E-state index contributed by atoms with van der Waals surface area (Å²) in [5.41, 5.74) is 1.36. The Morgan fingerprint density at radius 2 is 2.00 bits per heavy atom. The van der Waals surface area contributed by atoms with Crippen molar-refractivity contribution in [2.75, 3.05) is 30.8 Å². The van der Waals surface area contributed by atoms with E-state index in [9.17, 15) is 14.4 Å². The van der Waals surface area contributed by atoms with Gasteiger partial charge in [-0.2, -0.15) is 5.26 Å². The summed E-state index contributed by atoms with van der Waals surface area (Å²) in [6, 6.07) is 9.71. The van der Waals surface area contributed by atoms with E-state index in [1.807, 2.05) is 6.08 Å². The molecule has 0 spiro atoms. The molecule has 2 N–H and O–H groups in total. The molecule has 10 heteroatoms. The van der Waals surface area contributed by atoms with E-state index in [1.165, 1.54) is 32.0 Å². The number of fused-ring (bicyclic) bond motifs is 1. The molecular formula is C27H26ClFN6O2. The molecule has 0 unspecified atom stereocenters. The van der Waals surface area contributed by atoms with E-state index in [0.717, 1.165) is 38.8 Å². The van der Waals surface area contributed by atoms with Crippen molar-refractivity contribution in [3.8, 4) is 11.8 Å². The van der Waals surface area contributed by atoms with Crippen molar-refractivity contribution in [1.82, 2.24) is 14.9 Å². The van der Waals surface area contributed by atoms with Gasteiger partial charge in [-0.15, -0.1) is 0 Å². The van der Waals surface area contributed by atoms with Crippen LogP contribution in [-0.2, 0) is 4.79 Å². The van der Waals surface area contributed by atoms with Crippen LogP contribution < -0.4 is 15.4 Å². The SMILES string of the molecule is COc1cc2ncnc(Nc3ccc(F)c(Cl)c3)c2cc1NC(=O)/C(C#N)=C/C1(N2CCCCC2)CC1. The molecule has 5 rings (SSSR count). The second kappa shape index (κ2) is 10.3. The Morgan fingerprint density at radius 1 is 1.22 bits per heavy atom. The molecule has 0 bridgehead atoms. The smallest absolute Gasteiger partial charge is 0.266 e. The predicted octanol–water partition coefficient (Wildman–Crippen LogP) is 5.58. The Morgan fingerprint density at radius 3 is 2.68 bits per heavy atom. The molecule has 1 saturated heterocycles. The number of nitrogens with one attached hydrogen (secondary N) is 2. The molecule has 8 nitrogen and oxygen atoms in total. The van der Waals surface area contributed by atoms with E-state index >= 15 is 0 Å². The number of methoxy groups -OCH3 is 1. The molecule has 0 atom stereocenters. The summed E-state index contributed by atoms with van der Waals surface area (Å²) in [6.45, 7) is 1.98. The van der Waals surface area contributed by atoms with E-state index in [2.05, 4.69) is 31.6 Å². The van der Waals surface area contributed by atoms with Crippen LogP contribution in [0.2, 0.25) is 5.02 Å². The average molecular weight is 521 g/mol. The number of nitrogens with zero attached hydrogens (tertiary/aromatic N) is 4. The van der Waals surface area contributed by atoms with Crippen molar-refractivity contribution in [2.24, 2.45) is 0 Å². The van der Waals surface area contributed by atoms with Crippen molar-refractivity contribution in [3.05, 3.63) is 59.1 Å². The fraction of sp³-hybridized carbons (Fsp3) is 0.333. The Bertz CT molecular complexity index is 1430. The van der Waals surface area contributed by atoms with Crippen molar-refractivity contribution in [2.45, 2.75) is 37.6 Å². The molecule has 190 valence electrons. The minimum atomic E-state index is -0.524. The van der Waals surface area contributed by atoms with Gasteiger partial charge in [0.05, 0.1) is 23.3 Å². The Balaban J connectivity index is 1.44. The summed E-state index contributed by atoms with van der Waals surface area (Å²) >= 11 is 5.92. The number of nitriles is 1. The number of aromatic nitrogens is 2. The second-order valence-corrected chi connectivity index (χ2v) is 9.73. The maximum atomic E-state index is 13.6. The maximum absolute atomic E-state index is 13.6. The van der Waals surface area contributed by atoms with Gasteiger partial charge in [-0.3, -0.25) is 9.69 Å². The van der Waals surface area contributed by atoms with E-state index in [4.69, 9.17) is 16.3 Å². The third-order valence-electron chi connectivity index (χ3n) is 6.91. The summed E-state index contributed by atoms with van der Waals surface area (Å²) in [6.07, 6.45) is 8.61. The fourth-order valence-corrected chi connectivity index (χ4v) is 4.97. The number of carbonyl (C=O) groups excluding carboxylic acids is 1. The van der Waals surface area contributed by atoms with Gasteiger partial charge in [-0.25, -0.2) is 14.4 Å². The number of hydrogen-bond acceptors (Lipinski definition) is 7. The molecule has 2 heterocycles. The van der Waals surface area contributed by atoms with Gasteiger partial charge in [0.2, 0.25) is 0 Å². The lowest BCUT2D eigenvalue weighted by Crippen LogP contribution is -2.40. The molecule has 1 aliphatic heterocycles. The first-order valence-electron chi connectivity index (χ1n) is 12.2. The number of benzene rings is 2. The molecule has 3 aromatic rings. The number of anilines is 3. The molecule has 1 amide bonds. The van der Waals surface area contributed by atoms with Crippen LogP contribution >= 0.6 is 11.6 Å². The van der Waals surface area contributed by atoms with E-state index < -0.39 is 11.7 Å². The quantitative estimate of drug-likeness (QED) is 0.309. The first-order valence-corrected chi connectivity index (χ1v) is 12.5. The molecule has 37 heavy (non-hydrogen) atoms. The summed E-state index contributed by atoms with van der Waals surface area (Å²) in [7, 11) is 1.49. The molecule has 1 aliphatic carbocycles. The minimum Gasteiger partial charge on any atom is -0.494 e. The summed E-state index contributed by atoms with van der Waals surface area (Å²) in [5.74, 6) is -0.196. The molecule has 2 aromatic carbocycles. The Kier molecular flexibility index (Phi) is 6.96. The van der Waals surface area contributed by atoms with Crippen LogP contribution in [0.15, 0.2) is 48.3 Å². The maximum Gasteiger partial charge on any atom is 0.266 e. The number of halogens is 2. The van der Waals surface area contributed by atoms with Crippen LogP contribution in [0.25, 0.3) is 10.9 Å². The molecule has 1 aromatic heterocycles. The van der Waals surface area contributed by atoms with Crippen molar-refractivity contribution in [3.63, 3.8) is 0 Å². The number of ether oxygens (including phenoxy) is 1. The normalized spacial score (nSPS) is 17.2. The summed E-state index contributed by atoms with van der Waals surface area (Å²) in [5, 5.41) is 16.3. The van der Waals surface area contributed by atoms with Gasteiger partial charge < -0.3 is 15.4 Å². The highest BCUT2D eigenvalue weighted by molar-refractivity contribution is 6.31. The van der Waals surface area contributed by atoms with E-state index in [1.54, 1.807) is 18.2 Å². The highest BCUT2D eigenvalue weighted by Gasteiger charge is 2.47. The van der Waals surface area contributed by atoms with Crippen molar-refractivity contribution < 1.29 is 13.9 Å². The van der Waals surface area contributed by atoms with E-state index in [0.29, 0.717) is 33.8 Å². The molecule has 2 fully saturated rings. The van der Waals surface area contributed by atoms with Gasteiger partial charge in [0.25, 0.3) is 5.91 Å². The average Bonchev–Trinajstić information content (AvgIpc) is 3.70. The van der Waals surface area contributed by atoms with Crippen LogP contribution in [0.4, 0.5) is 21.6 Å². The number of piperidine rings is 1. The zero-order valence-electron chi connectivity index (χ0n) is 20.4. The van der Waals surface area contributed by atoms with Gasteiger partial charge in [0, 0.05) is 22.7 Å². The number of rotatable bonds is 7. The minimum absolute atomic E-state index is 0.0215. The standard InChI is InChI=1S/C27H26ClFN6O2/c1-37-24-13-22-19(25(32-16-31-22)33-18-5-6-21(29)20(28)11-18)12-23(24)34-26(36)17(15-30)14-27(7-8-27)35-9-3-2-4-10-35/h5-6,11-14,16H,2-4,7-10H2,1H3,(H,34,36)(H,31,32,33)/b17-14+. The number of likely N-dealkylation sites (tertiary alicyclic amines) is 1. The van der Waals surface area contributed by atoms with Gasteiger partial charge in [-0.1, -0.05) is 18.0 Å². The first-order chi connectivity index (χ1) is 17.9. The largest absolute Gasteiger partial charge is 0.494 e. The Hall–Kier alpha value is -3.74. The van der Waals surface area contributed by atoms with Crippen LogP contribution in [0.1, 0.15) is 32.1 Å². The van der Waals surface area contributed by atoms with E-state index in [-0.39, 0.29) is 16.1 Å². The molecular weight excluding hydrogens is 495 g/mol. The lowest BCUT2D eigenvalue weighted by molar-refractivity contribution is -0.112. The fourth-order valence-electron chi connectivity index (χ4n) is 4.79. The molecule has 0 radical (unpaired) electrons. The van der Waals surface area contributed by atoms with Crippen molar-refractivity contribution in [1.29, 1.82) is 5.26 Å². The van der Waals surface area contributed by atoms with Crippen LogP contribution in [0, 0.1) is 17.1 Å². The highest BCUT2D eigenvalue weighted by Crippen LogP contribution is 2.45. The number of carbonyl (C=O) groups is 1. The van der Waals surface area contributed by atoms with Gasteiger partial charge in [0.1, 0.15) is 35.4 Å².